The van der Waals surface area contributed by atoms with Gasteiger partial charge in [-0.25, -0.2) is 4.98 Å². The fourth-order valence-corrected chi connectivity index (χ4v) is 3.86. The summed E-state index contributed by atoms with van der Waals surface area (Å²) in [6, 6.07) is 1.28. The molecule has 0 amide bonds. The van der Waals surface area contributed by atoms with E-state index in [1.807, 2.05) is 6.20 Å². The van der Waals surface area contributed by atoms with Crippen LogP contribution < -0.4 is 5.32 Å². The molecule has 1 aliphatic carbocycles. The van der Waals surface area contributed by atoms with Gasteiger partial charge in [-0.05, 0) is 24.8 Å². The summed E-state index contributed by atoms with van der Waals surface area (Å²) in [4.78, 5) is 7.13. The molecule has 1 saturated carbocycles. The molecule has 1 aromatic heterocycles. The molecule has 2 unspecified atom stereocenters. The molecule has 2 heterocycles. The van der Waals surface area contributed by atoms with Crippen LogP contribution in [0.1, 0.15) is 39.4 Å². The van der Waals surface area contributed by atoms with Crippen molar-refractivity contribution < 1.29 is 0 Å². The number of hydrogen-bond acceptors (Lipinski definition) is 3. The fraction of sp³-hybridized carbons (Fsp3) is 0.800. The van der Waals surface area contributed by atoms with Gasteiger partial charge in [-0.15, -0.1) is 0 Å². The Morgan fingerprint density at radius 3 is 3.05 bits per heavy atom. The summed E-state index contributed by atoms with van der Waals surface area (Å²) in [7, 11) is 0. The predicted octanol–water partition coefficient (Wildman–Crippen LogP) is 1.87. The Hall–Kier alpha value is -0.870. The fourth-order valence-electron chi connectivity index (χ4n) is 3.86. The predicted molar refractivity (Wildman–Crippen MR) is 76.9 cm³/mol. The quantitative estimate of drug-likeness (QED) is 0.902. The van der Waals surface area contributed by atoms with Crippen molar-refractivity contribution in [2.75, 3.05) is 13.1 Å². The number of imidazole rings is 1. The Bertz CT molecular complexity index is 437. The van der Waals surface area contributed by atoms with E-state index in [1.165, 1.54) is 18.7 Å². The van der Waals surface area contributed by atoms with Crippen molar-refractivity contribution >= 4 is 0 Å². The molecule has 0 radical (unpaired) electrons. The van der Waals surface area contributed by atoms with E-state index >= 15 is 0 Å². The second-order valence-corrected chi connectivity index (χ2v) is 6.64. The maximum Gasteiger partial charge on any atom is 0.122 e. The first-order valence-corrected chi connectivity index (χ1v) is 7.59. The van der Waals surface area contributed by atoms with E-state index in [1.54, 1.807) is 0 Å². The van der Waals surface area contributed by atoms with E-state index < -0.39 is 0 Å². The Morgan fingerprint density at radius 2 is 2.26 bits per heavy atom. The average molecular weight is 262 g/mol. The van der Waals surface area contributed by atoms with Gasteiger partial charge in [0, 0.05) is 37.6 Å². The van der Waals surface area contributed by atoms with Gasteiger partial charge in [0.15, 0.2) is 0 Å². The maximum atomic E-state index is 4.49. The number of likely N-dealkylation sites (N-methyl/N-ethyl adjacent to an activating group) is 1. The largest absolute Gasteiger partial charge is 0.333 e. The normalized spacial score (nSPS) is 30.5. The van der Waals surface area contributed by atoms with E-state index in [0.717, 1.165) is 26.2 Å². The van der Waals surface area contributed by atoms with Gasteiger partial charge in [-0.2, -0.15) is 0 Å². The zero-order chi connectivity index (χ0) is 13.5. The average Bonchev–Trinajstić information content (AvgIpc) is 2.95. The molecule has 19 heavy (non-hydrogen) atoms. The van der Waals surface area contributed by atoms with Gasteiger partial charge < -0.3 is 9.88 Å². The van der Waals surface area contributed by atoms with E-state index in [9.17, 15) is 0 Å². The molecule has 0 spiro atoms. The number of fused-ring (bicyclic) bond motifs is 1. The third-order valence-electron chi connectivity index (χ3n) is 4.98. The van der Waals surface area contributed by atoms with Gasteiger partial charge in [0.25, 0.3) is 0 Å². The van der Waals surface area contributed by atoms with Gasteiger partial charge in [0.1, 0.15) is 5.82 Å². The molecule has 1 aliphatic heterocycles. The van der Waals surface area contributed by atoms with Crippen LogP contribution in [0.4, 0.5) is 0 Å². The molecule has 0 aromatic carbocycles. The summed E-state index contributed by atoms with van der Waals surface area (Å²) in [5.41, 5.74) is 0.410. The van der Waals surface area contributed by atoms with Crippen molar-refractivity contribution in [3.8, 4) is 0 Å². The number of nitrogens with one attached hydrogen (secondary N) is 1. The molecule has 1 fully saturated rings. The first-order valence-electron chi connectivity index (χ1n) is 7.59. The van der Waals surface area contributed by atoms with Crippen molar-refractivity contribution in [1.82, 2.24) is 19.8 Å². The lowest BCUT2D eigenvalue weighted by Crippen LogP contribution is -2.53. The Morgan fingerprint density at radius 1 is 1.42 bits per heavy atom. The monoisotopic (exact) mass is 262 g/mol. The summed E-state index contributed by atoms with van der Waals surface area (Å²) >= 11 is 0. The van der Waals surface area contributed by atoms with E-state index in [2.05, 4.69) is 46.7 Å². The topological polar surface area (TPSA) is 33.1 Å². The van der Waals surface area contributed by atoms with Crippen LogP contribution in [-0.4, -0.2) is 39.6 Å². The van der Waals surface area contributed by atoms with Crippen LogP contribution in [0.3, 0.4) is 0 Å². The van der Waals surface area contributed by atoms with Gasteiger partial charge in [0.05, 0.1) is 6.54 Å². The molecule has 4 nitrogen and oxygen atoms in total. The molecule has 1 aromatic rings. The van der Waals surface area contributed by atoms with E-state index in [0.29, 0.717) is 17.5 Å². The molecule has 2 aliphatic rings. The van der Waals surface area contributed by atoms with Gasteiger partial charge >= 0.3 is 0 Å². The van der Waals surface area contributed by atoms with Crippen molar-refractivity contribution in [2.24, 2.45) is 5.41 Å². The van der Waals surface area contributed by atoms with Gasteiger partial charge in [-0.3, -0.25) is 4.90 Å². The first kappa shape index (κ1) is 13.1. The molecule has 1 N–H and O–H groups in total. The van der Waals surface area contributed by atoms with Crippen molar-refractivity contribution in [2.45, 2.75) is 58.8 Å². The Kier molecular flexibility index (Phi) is 3.39. The maximum absolute atomic E-state index is 4.49. The lowest BCUT2D eigenvalue weighted by atomic mass is 9.86. The van der Waals surface area contributed by atoms with Crippen molar-refractivity contribution in [3.63, 3.8) is 0 Å². The van der Waals surface area contributed by atoms with Crippen LogP contribution in [0.15, 0.2) is 12.4 Å². The molecular weight excluding hydrogens is 236 g/mol. The lowest BCUT2D eigenvalue weighted by Gasteiger charge is -2.39. The van der Waals surface area contributed by atoms with Crippen LogP contribution in [0.25, 0.3) is 0 Å². The third-order valence-corrected chi connectivity index (χ3v) is 4.98. The van der Waals surface area contributed by atoms with Crippen LogP contribution in [0.2, 0.25) is 0 Å². The zero-order valence-electron chi connectivity index (χ0n) is 12.4. The summed E-state index contributed by atoms with van der Waals surface area (Å²) in [6.07, 6.45) is 6.66. The van der Waals surface area contributed by atoms with Crippen LogP contribution >= 0.6 is 0 Å². The number of rotatable bonds is 3. The minimum atomic E-state index is 0.410. The molecule has 0 saturated heterocycles. The highest BCUT2D eigenvalue weighted by Crippen LogP contribution is 2.40. The van der Waals surface area contributed by atoms with Crippen LogP contribution in [-0.2, 0) is 13.1 Å². The van der Waals surface area contributed by atoms with E-state index in [4.69, 9.17) is 0 Å². The smallest absolute Gasteiger partial charge is 0.122 e. The summed E-state index contributed by atoms with van der Waals surface area (Å²) in [6.45, 7) is 11.4. The molecular formula is C15H26N4. The van der Waals surface area contributed by atoms with Crippen LogP contribution in [0, 0.1) is 5.41 Å². The summed E-state index contributed by atoms with van der Waals surface area (Å²) in [5, 5.41) is 3.73. The molecule has 106 valence electrons. The minimum Gasteiger partial charge on any atom is -0.333 e. The van der Waals surface area contributed by atoms with Gasteiger partial charge in [0.2, 0.25) is 0 Å². The summed E-state index contributed by atoms with van der Waals surface area (Å²) < 4.78 is 2.29. The SMILES string of the molecule is CCNC1C(N2CCn3ccnc3C2)CCC1(C)C. The second-order valence-electron chi connectivity index (χ2n) is 6.64. The van der Waals surface area contributed by atoms with Crippen molar-refractivity contribution in [3.05, 3.63) is 18.2 Å². The molecule has 3 rings (SSSR count). The number of hydrogen-bond donors (Lipinski definition) is 1. The molecule has 0 bridgehead atoms. The van der Waals surface area contributed by atoms with Gasteiger partial charge in [-0.1, -0.05) is 20.8 Å². The van der Waals surface area contributed by atoms with Crippen molar-refractivity contribution in [1.29, 1.82) is 0 Å². The molecule has 2 atom stereocenters. The first-order chi connectivity index (χ1) is 9.12. The highest BCUT2D eigenvalue weighted by Gasteiger charge is 2.44. The Balaban J connectivity index is 1.76. The van der Waals surface area contributed by atoms with E-state index in [-0.39, 0.29) is 0 Å². The molecule has 4 heteroatoms. The number of nitrogens with zero attached hydrogens (tertiary/aromatic N) is 3. The Labute approximate surface area is 116 Å². The number of aromatic nitrogens is 2. The summed E-state index contributed by atoms with van der Waals surface area (Å²) in [5.74, 6) is 1.23. The second kappa shape index (κ2) is 4.91. The third kappa shape index (κ3) is 2.32. The zero-order valence-corrected chi connectivity index (χ0v) is 12.4. The van der Waals surface area contributed by atoms with Crippen LogP contribution in [0.5, 0.6) is 0 Å². The highest BCUT2D eigenvalue weighted by atomic mass is 15.3. The standard InChI is InChI=1S/C15H26N4/c1-4-16-14-12(5-6-15(14,2)3)19-10-9-18-8-7-17-13(18)11-19/h7-8,12,14,16H,4-6,9-11H2,1-3H3. The lowest BCUT2D eigenvalue weighted by molar-refractivity contribution is 0.114. The highest BCUT2D eigenvalue weighted by molar-refractivity contribution is 5.04. The minimum absolute atomic E-state index is 0.410.